The molecule has 0 fully saturated rings. The number of hydrogen-bond donors (Lipinski definition) is 1. The third kappa shape index (κ3) is 2.74. The van der Waals surface area contributed by atoms with Crippen LogP contribution in [0.5, 0.6) is 5.75 Å². The first-order chi connectivity index (χ1) is 5.83. The molecule has 0 aliphatic heterocycles. The SMILES string of the molecule is CCCCOc1cn[nH]c(=O)c1. The number of rotatable bonds is 4. The van der Waals surface area contributed by atoms with Gasteiger partial charge < -0.3 is 4.74 Å². The largest absolute Gasteiger partial charge is 0.492 e. The highest BCUT2D eigenvalue weighted by Crippen LogP contribution is 2.03. The van der Waals surface area contributed by atoms with Crippen LogP contribution in [0.15, 0.2) is 17.1 Å². The zero-order valence-corrected chi connectivity index (χ0v) is 7.04. The first-order valence-electron chi connectivity index (χ1n) is 4.00. The first kappa shape index (κ1) is 8.77. The average molecular weight is 168 g/mol. The van der Waals surface area contributed by atoms with E-state index in [1.807, 2.05) is 0 Å². The molecular formula is C8H12N2O2. The minimum atomic E-state index is -0.232. The van der Waals surface area contributed by atoms with Gasteiger partial charge in [-0.15, -0.1) is 0 Å². The van der Waals surface area contributed by atoms with E-state index >= 15 is 0 Å². The predicted octanol–water partition coefficient (Wildman–Crippen LogP) is 0.949. The summed E-state index contributed by atoms with van der Waals surface area (Å²) >= 11 is 0. The molecule has 4 nitrogen and oxygen atoms in total. The van der Waals surface area contributed by atoms with Crippen molar-refractivity contribution in [2.75, 3.05) is 6.61 Å². The maximum absolute atomic E-state index is 10.7. The second-order valence-electron chi connectivity index (χ2n) is 2.48. The molecule has 0 spiro atoms. The lowest BCUT2D eigenvalue weighted by molar-refractivity contribution is 0.307. The summed E-state index contributed by atoms with van der Waals surface area (Å²) in [6, 6.07) is 1.39. The summed E-state index contributed by atoms with van der Waals surface area (Å²) in [5, 5.41) is 5.88. The van der Waals surface area contributed by atoms with Crippen molar-refractivity contribution in [3.63, 3.8) is 0 Å². The molecule has 0 radical (unpaired) electrons. The van der Waals surface area contributed by atoms with Crippen molar-refractivity contribution in [1.82, 2.24) is 10.2 Å². The highest BCUT2D eigenvalue weighted by atomic mass is 16.5. The number of H-pyrrole nitrogens is 1. The van der Waals surface area contributed by atoms with Gasteiger partial charge in [0.05, 0.1) is 12.8 Å². The molecule has 0 unspecified atom stereocenters. The quantitative estimate of drug-likeness (QED) is 0.681. The molecule has 0 aromatic carbocycles. The van der Waals surface area contributed by atoms with Gasteiger partial charge in [-0.05, 0) is 6.42 Å². The van der Waals surface area contributed by atoms with Crippen molar-refractivity contribution in [3.05, 3.63) is 22.6 Å². The van der Waals surface area contributed by atoms with Crippen LogP contribution in [0, 0.1) is 0 Å². The fourth-order valence-corrected chi connectivity index (χ4v) is 0.772. The van der Waals surface area contributed by atoms with E-state index in [1.165, 1.54) is 12.3 Å². The summed E-state index contributed by atoms with van der Waals surface area (Å²) < 4.78 is 5.24. The zero-order valence-electron chi connectivity index (χ0n) is 7.04. The molecule has 0 amide bonds. The first-order valence-corrected chi connectivity index (χ1v) is 4.00. The third-order valence-electron chi connectivity index (χ3n) is 1.41. The Labute approximate surface area is 70.6 Å². The number of nitrogens with zero attached hydrogens (tertiary/aromatic N) is 1. The van der Waals surface area contributed by atoms with Crippen molar-refractivity contribution in [3.8, 4) is 5.75 Å². The minimum Gasteiger partial charge on any atom is -0.492 e. The van der Waals surface area contributed by atoms with Crippen LogP contribution in [-0.2, 0) is 0 Å². The molecule has 0 aliphatic rings. The zero-order chi connectivity index (χ0) is 8.81. The maximum atomic E-state index is 10.7. The summed E-state index contributed by atoms with van der Waals surface area (Å²) in [6.07, 6.45) is 3.57. The van der Waals surface area contributed by atoms with Crippen molar-refractivity contribution in [1.29, 1.82) is 0 Å². The fourth-order valence-electron chi connectivity index (χ4n) is 0.772. The normalized spacial score (nSPS) is 9.75. The summed E-state index contributed by atoms with van der Waals surface area (Å²) in [5.74, 6) is 0.534. The highest BCUT2D eigenvalue weighted by Gasteiger charge is 1.93. The van der Waals surface area contributed by atoms with Crippen molar-refractivity contribution in [2.45, 2.75) is 19.8 Å². The minimum absolute atomic E-state index is 0.232. The number of unbranched alkanes of at least 4 members (excludes halogenated alkanes) is 1. The van der Waals surface area contributed by atoms with Gasteiger partial charge in [-0.1, -0.05) is 13.3 Å². The van der Waals surface area contributed by atoms with E-state index in [0.29, 0.717) is 12.4 Å². The van der Waals surface area contributed by atoms with Crippen LogP contribution in [0.2, 0.25) is 0 Å². The number of aromatic nitrogens is 2. The van der Waals surface area contributed by atoms with Crippen LogP contribution >= 0.6 is 0 Å². The lowest BCUT2D eigenvalue weighted by atomic mass is 10.4. The molecule has 1 aromatic heterocycles. The van der Waals surface area contributed by atoms with Gasteiger partial charge in [-0.3, -0.25) is 4.79 Å². The van der Waals surface area contributed by atoms with E-state index in [-0.39, 0.29) is 5.56 Å². The van der Waals surface area contributed by atoms with Crippen LogP contribution in [0.4, 0.5) is 0 Å². The number of ether oxygens (including phenoxy) is 1. The standard InChI is InChI=1S/C8H12N2O2/c1-2-3-4-12-7-5-8(11)10-9-6-7/h5-6H,2-4H2,1H3,(H,10,11). The van der Waals surface area contributed by atoms with Crippen LogP contribution in [0.25, 0.3) is 0 Å². The van der Waals surface area contributed by atoms with Crippen molar-refractivity contribution < 1.29 is 4.74 Å². The Bertz CT molecular complexity index is 282. The van der Waals surface area contributed by atoms with Gasteiger partial charge in [-0.2, -0.15) is 5.10 Å². The smallest absolute Gasteiger partial charge is 0.267 e. The molecular weight excluding hydrogens is 156 g/mol. The molecule has 12 heavy (non-hydrogen) atoms. The molecule has 4 heteroatoms. The van der Waals surface area contributed by atoms with E-state index in [9.17, 15) is 4.79 Å². The Morgan fingerprint density at radius 3 is 3.17 bits per heavy atom. The van der Waals surface area contributed by atoms with Gasteiger partial charge in [0.25, 0.3) is 5.56 Å². The lowest BCUT2D eigenvalue weighted by Crippen LogP contribution is -2.07. The van der Waals surface area contributed by atoms with Crippen LogP contribution in [-0.4, -0.2) is 16.8 Å². The Balaban J connectivity index is 2.47. The number of nitrogens with one attached hydrogen (secondary N) is 1. The predicted molar refractivity (Wildman–Crippen MR) is 45.3 cm³/mol. The molecule has 0 saturated carbocycles. The summed E-state index contributed by atoms with van der Waals surface area (Å²) in [6.45, 7) is 2.72. The number of aromatic amines is 1. The Kier molecular flexibility index (Phi) is 3.32. The van der Waals surface area contributed by atoms with E-state index in [1.54, 1.807) is 0 Å². The monoisotopic (exact) mass is 168 g/mol. The van der Waals surface area contributed by atoms with Gasteiger partial charge in [0, 0.05) is 6.07 Å². The average Bonchev–Trinajstić information content (AvgIpc) is 2.05. The second kappa shape index (κ2) is 4.54. The summed E-state index contributed by atoms with van der Waals surface area (Å²) in [5.41, 5.74) is -0.232. The molecule has 0 saturated heterocycles. The van der Waals surface area contributed by atoms with Crippen LogP contribution in [0.1, 0.15) is 19.8 Å². The van der Waals surface area contributed by atoms with E-state index in [4.69, 9.17) is 4.74 Å². The van der Waals surface area contributed by atoms with E-state index < -0.39 is 0 Å². The summed E-state index contributed by atoms with van der Waals surface area (Å²) in [7, 11) is 0. The van der Waals surface area contributed by atoms with Gasteiger partial charge in [0.1, 0.15) is 5.75 Å². The fraction of sp³-hybridized carbons (Fsp3) is 0.500. The lowest BCUT2D eigenvalue weighted by Gasteiger charge is -2.02. The topological polar surface area (TPSA) is 55.0 Å². The molecule has 1 heterocycles. The molecule has 1 N–H and O–H groups in total. The number of hydrogen-bond acceptors (Lipinski definition) is 3. The molecule has 66 valence electrons. The summed E-state index contributed by atoms with van der Waals surface area (Å²) in [4.78, 5) is 10.7. The van der Waals surface area contributed by atoms with E-state index in [2.05, 4.69) is 17.1 Å². The highest BCUT2D eigenvalue weighted by molar-refractivity contribution is 5.12. The Morgan fingerprint density at radius 1 is 1.67 bits per heavy atom. The second-order valence-corrected chi connectivity index (χ2v) is 2.48. The van der Waals surface area contributed by atoms with Crippen LogP contribution < -0.4 is 10.3 Å². The van der Waals surface area contributed by atoms with Gasteiger partial charge in [0.2, 0.25) is 0 Å². The third-order valence-corrected chi connectivity index (χ3v) is 1.41. The Morgan fingerprint density at radius 2 is 2.50 bits per heavy atom. The van der Waals surface area contributed by atoms with Crippen molar-refractivity contribution in [2.24, 2.45) is 0 Å². The van der Waals surface area contributed by atoms with Gasteiger partial charge in [0.15, 0.2) is 0 Å². The molecule has 1 rings (SSSR count). The Hall–Kier alpha value is -1.32. The molecule has 0 bridgehead atoms. The van der Waals surface area contributed by atoms with Crippen molar-refractivity contribution >= 4 is 0 Å². The maximum Gasteiger partial charge on any atom is 0.267 e. The molecule has 0 atom stereocenters. The van der Waals surface area contributed by atoms with E-state index in [0.717, 1.165) is 12.8 Å². The van der Waals surface area contributed by atoms with Crippen LogP contribution in [0.3, 0.4) is 0 Å². The van der Waals surface area contributed by atoms with Gasteiger partial charge in [-0.25, -0.2) is 5.10 Å². The molecule has 0 aliphatic carbocycles. The molecule has 1 aromatic rings. The van der Waals surface area contributed by atoms with Gasteiger partial charge >= 0.3 is 0 Å².